The van der Waals surface area contributed by atoms with Crippen LogP contribution in [-0.2, 0) is 0 Å². The Bertz CT molecular complexity index is 697. The predicted octanol–water partition coefficient (Wildman–Crippen LogP) is 3.18. The molecule has 0 fully saturated rings. The second kappa shape index (κ2) is 5.13. The average Bonchev–Trinajstić information content (AvgIpc) is 2.47. The number of hydrogen-bond donors (Lipinski definition) is 1. The van der Waals surface area contributed by atoms with E-state index in [9.17, 15) is 9.90 Å². The van der Waals surface area contributed by atoms with Crippen molar-refractivity contribution in [2.45, 2.75) is 6.92 Å². The molecule has 0 unspecified atom stereocenters. The fourth-order valence-electron chi connectivity index (χ4n) is 2.76. The molecular formula is C17H18N2O2. The van der Waals surface area contributed by atoms with E-state index in [4.69, 9.17) is 0 Å². The summed E-state index contributed by atoms with van der Waals surface area (Å²) in [7, 11) is 2.08. The Morgan fingerprint density at radius 3 is 2.48 bits per heavy atom. The molecule has 0 bridgehead atoms. The van der Waals surface area contributed by atoms with Crippen molar-refractivity contribution < 1.29 is 9.90 Å². The van der Waals surface area contributed by atoms with Crippen LogP contribution in [-0.4, -0.2) is 31.0 Å². The Balaban J connectivity index is 2.04. The lowest BCUT2D eigenvalue weighted by Crippen LogP contribution is -2.36. The Hall–Kier alpha value is -2.49. The number of para-hydroxylation sites is 2. The SMILES string of the molecule is CC(=O)c1ccc(N2CCN(C)c3ccccc32)cc1O. The van der Waals surface area contributed by atoms with Gasteiger partial charge in [0, 0.05) is 31.9 Å². The van der Waals surface area contributed by atoms with Crippen LogP contribution in [0.15, 0.2) is 42.5 Å². The van der Waals surface area contributed by atoms with Gasteiger partial charge in [-0.3, -0.25) is 4.79 Å². The predicted molar refractivity (Wildman–Crippen MR) is 84.8 cm³/mol. The van der Waals surface area contributed by atoms with E-state index in [0.717, 1.165) is 24.5 Å². The summed E-state index contributed by atoms with van der Waals surface area (Å²) in [6.07, 6.45) is 0. The van der Waals surface area contributed by atoms with E-state index in [1.54, 1.807) is 12.1 Å². The number of phenolic OH excluding ortho intramolecular Hbond substituents is 1. The van der Waals surface area contributed by atoms with Gasteiger partial charge in [0.05, 0.1) is 16.9 Å². The highest BCUT2D eigenvalue weighted by Gasteiger charge is 2.21. The van der Waals surface area contributed by atoms with E-state index in [0.29, 0.717) is 5.56 Å². The first-order valence-electron chi connectivity index (χ1n) is 6.99. The smallest absolute Gasteiger partial charge is 0.163 e. The number of fused-ring (bicyclic) bond motifs is 1. The number of carbonyl (C=O) groups excluding carboxylic acids is 1. The maximum absolute atomic E-state index is 11.4. The number of ketones is 1. The third-order valence-corrected chi connectivity index (χ3v) is 3.92. The van der Waals surface area contributed by atoms with Gasteiger partial charge in [0.15, 0.2) is 5.78 Å². The van der Waals surface area contributed by atoms with Crippen molar-refractivity contribution in [3.05, 3.63) is 48.0 Å². The molecule has 0 spiro atoms. The molecule has 108 valence electrons. The van der Waals surface area contributed by atoms with Gasteiger partial charge in [-0.25, -0.2) is 0 Å². The van der Waals surface area contributed by atoms with E-state index in [2.05, 4.69) is 29.0 Å². The summed E-state index contributed by atoms with van der Waals surface area (Å²) in [4.78, 5) is 15.8. The molecule has 3 rings (SSSR count). The van der Waals surface area contributed by atoms with Crippen LogP contribution in [0.5, 0.6) is 5.75 Å². The summed E-state index contributed by atoms with van der Waals surface area (Å²) in [5.41, 5.74) is 3.54. The minimum absolute atomic E-state index is 0.0383. The van der Waals surface area contributed by atoms with Gasteiger partial charge in [0.1, 0.15) is 5.75 Å². The van der Waals surface area contributed by atoms with Crippen molar-refractivity contribution >= 4 is 22.8 Å². The third kappa shape index (κ3) is 2.33. The molecule has 21 heavy (non-hydrogen) atoms. The standard InChI is InChI=1S/C17H18N2O2/c1-12(20)14-8-7-13(11-17(14)21)19-10-9-18(2)15-5-3-4-6-16(15)19/h3-8,11,21H,9-10H2,1-2H3. The fraction of sp³-hybridized carbons (Fsp3) is 0.235. The van der Waals surface area contributed by atoms with Crippen molar-refractivity contribution in [2.75, 3.05) is 29.9 Å². The highest BCUT2D eigenvalue weighted by molar-refractivity contribution is 5.97. The highest BCUT2D eigenvalue weighted by atomic mass is 16.3. The number of nitrogens with zero attached hydrogens (tertiary/aromatic N) is 2. The van der Waals surface area contributed by atoms with Gasteiger partial charge < -0.3 is 14.9 Å². The van der Waals surface area contributed by atoms with E-state index in [1.165, 1.54) is 12.6 Å². The number of aromatic hydroxyl groups is 1. The van der Waals surface area contributed by atoms with Crippen LogP contribution in [0.1, 0.15) is 17.3 Å². The lowest BCUT2D eigenvalue weighted by molar-refractivity contribution is 0.101. The Morgan fingerprint density at radius 2 is 1.81 bits per heavy atom. The maximum Gasteiger partial charge on any atom is 0.163 e. The largest absolute Gasteiger partial charge is 0.507 e. The lowest BCUT2D eigenvalue weighted by atomic mass is 10.1. The van der Waals surface area contributed by atoms with Gasteiger partial charge in [-0.15, -0.1) is 0 Å². The lowest BCUT2D eigenvalue weighted by Gasteiger charge is -2.37. The molecule has 4 nitrogen and oxygen atoms in total. The Morgan fingerprint density at radius 1 is 1.10 bits per heavy atom. The number of anilines is 3. The van der Waals surface area contributed by atoms with E-state index in [-0.39, 0.29) is 11.5 Å². The molecule has 1 N–H and O–H groups in total. The minimum atomic E-state index is -0.127. The molecule has 0 aliphatic carbocycles. The molecule has 1 aliphatic rings. The van der Waals surface area contributed by atoms with Gasteiger partial charge in [0.2, 0.25) is 0 Å². The van der Waals surface area contributed by atoms with Crippen molar-refractivity contribution in [2.24, 2.45) is 0 Å². The zero-order chi connectivity index (χ0) is 15.0. The molecule has 0 amide bonds. The third-order valence-electron chi connectivity index (χ3n) is 3.92. The summed E-state index contributed by atoms with van der Waals surface area (Å²) in [6.45, 7) is 3.21. The minimum Gasteiger partial charge on any atom is -0.507 e. The molecule has 2 aromatic rings. The van der Waals surface area contributed by atoms with Gasteiger partial charge in [0.25, 0.3) is 0 Å². The molecule has 0 saturated carbocycles. The van der Waals surface area contributed by atoms with Crippen LogP contribution < -0.4 is 9.80 Å². The van der Waals surface area contributed by atoms with Crippen LogP contribution >= 0.6 is 0 Å². The summed E-state index contributed by atoms with van der Waals surface area (Å²) in [5.74, 6) is -0.0887. The van der Waals surface area contributed by atoms with Crippen molar-refractivity contribution in [3.8, 4) is 5.75 Å². The normalized spacial score (nSPS) is 14.0. The Kier molecular flexibility index (Phi) is 3.29. The van der Waals surface area contributed by atoms with Crippen LogP contribution in [0.4, 0.5) is 17.1 Å². The number of rotatable bonds is 2. The van der Waals surface area contributed by atoms with Crippen molar-refractivity contribution in [3.63, 3.8) is 0 Å². The van der Waals surface area contributed by atoms with Gasteiger partial charge in [-0.2, -0.15) is 0 Å². The summed E-state index contributed by atoms with van der Waals surface area (Å²) < 4.78 is 0. The molecule has 0 radical (unpaired) electrons. The second-order valence-electron chi connectivity index (χ2n) is 5.32. The topological polar surface area (TPSA) is 43.8 Å². The van der Waals surface area contributed by atoms with Crippen LogP contribution in [0.25, 0.3) is 0 Å². The molecule has 0 atom stereocenters. The molecule has 1 aliphatic heterocycles. The molecule has 4 heteroatoms. The van der Waals surface area contributed by atoms with E-state index >= 15 is 0 Å². The van der Waals surface area contributed by atoms with Gasteiger partial charge in [-0.1, -0.05) is 12.1 Å². The summed E-state index contributed by atoms with van der Waals surface area (Å²) in [5, 5.41) is 10.0. The molecule has 0 aromatic heterocycles. The fourth-order valence-corrected chi connectivity index (χ4v) is 2.76. The van der Waals surface area contributed by atoms with Gasteiger partial charge >= 0.3 is 0 Å². The van der Waals surface area contributed by atoms with E-state index < -0.39 is 0 Å². The van der Waals surface area contributed by atoms with Crippen LogP contribution in [0, 0.1) is 0 Å². The number of Topliss-reactive ketones (excluding diaryl/α,β-unsaturated/α-hetero) is 1. The Labute approximate surface area is 124 Å². The average molecular weight is 282 g/mol. The van der Waals surface area contributed by atoms with Crippen molar-refractivity contribution in [1.29, 1.82) is 0 Å². The number of phenols is 1. The maximum atomic E-state index is 11.4. The monoisotopic (exact) mass is 282 g/mol. The first-order chi connectivity index (χ1) is 10.1. The zero-order valence-corrected chi connectivity index (χ0v) is 12.2. The number of hydrogen-bond acceptors (Lipinski definition) is 4. The highest BCUT2D eigenvalue weighted by Crippen LogP contribution is 2.38. The number of benzene rings is 2. The molecule has 2 aromatic carbocycles. The van der Waals surface area contributed by atoms with Crippen molar-refractivity contribution in [1.82, 2.24) is 0 Å². The summed E-state index contributed by atoms with van der Waals surface area (Å²) >= 11 is 0. The first-order valence-corrected chi connectivity index (χ1v) is 6.99. The molecule has 1 heterocycles. The zero-order valence-electron chi connectivity index (χ0n) is 12.2. The molecular weight excluding hydrogens is 264 g/mol. The first kappa shape index (κ1) is 13.5. The number of carbonyl (C=O) groups is 1. The van der Waals surface area contributed by atoms with E-state index in [1.807, 2.05) is 18.2 Å². The van der Waals surface area contributed by atoms with Crippen LogP contribution in [0.2, 0.25) is 0 Å². The van der Waals surface area contributed by atoms with Crippen LogP contribution in [0.3, 0.4) is 0 Å². The quantitative estimate of drug-likeness (QED) is 0.859. The number of likely N-dealkylation sites (N-methyl/N-ethyl adjacent to an activating group) is 1. The second-order valence-corrected chi connectivity index (χ2v) is 5.32. The van der Waals surface area contributed by atoms with Gasteiger partial charge in [-0.05, 0) is 31.2 Å². The molecule has 0 saturated heterocycles. The summed E-state index contributed by atoms with van der Waals surface area (Å²) in [6, 6.07) is 13.4.